The van der Waals surface area contributed by atoms with E-state index in [0.29, 0.717) is 12.2 Å². The number of alkyl halides is 2. The molecule has 7 heteroatoms. The molecule has 0 aliphatic heterocycles. The molecule has 0 saturated heterocycles. The molecule has 1 aliphatic rings. The number of hydrogen-bond acceptors (Lipinski definition) is 3. The molecule has 1 aliphatic carbocycles. The third-order valence-electron chi connectivity index (χ3n) is 4.13. The first kappa shape index (κ1) is 15.9. The van der Waals surface area contributed by atoms with Crippen LogP contribution < -0.4 is 0 Å². The summed E-state index contributed by atoms with van der Waals surface area (Å²) in [7, 11) is 0. The highest BCUT2D eigenvalue weighted by Gasteiger charge is 2.45. The Balaban J connectivity index is 1.68. The Labute approximate surface area is 150 Å². The predicted molar refractivity (Wildman–Crippen MR) is 93.7 cm³/mol. The van der Waals surface area contributed by atoms with Gasteiger partial charge in [0.25, 0.3) is 0 Å². The summed E-state index contributed by atoms with van der Waals surface area (Å²) in [5.74, 6) is -1.16. The second-order valence-corrected chi connectivity index (χ2v) is 7.91. The van der Waals surface area contributed by atoms with Gasteiger partial charge in [0.1, 0.15) is 5.82 Å². The van der Waals surface area contributed by atoms with Gasteiger partial charge in [-0.05, 0) is 41.6 Å². The molecule has 0 unspecified atom stereocenters. The lowest BCUT2D eigenvalue weighted by Gasteiger charge is -2.34. The van der Waals surface area contributed by atoms with Gasteiger partial charge in [-0.3, -0.25) is 0 Å². The average molecular weight is 410 g/mol. The molecule has 1 saturated carbocycles. The molecular formula is C17H14BrF2N3S. The molecule has 3 aromatic rings. The van der Waals surface area contributed by atoms with E-state index in [2.05, 4.69) is 26.0 Å². The Morgan fingerprint density at radius 2 is 1.96 bits per heavy atom. The number of halogens is 3. The lowest BCUT2D eigenvalue weighted by Crippen LogP contribution is -2.36. The third kappa shape index (κ3) is 3.15. The number of thiophene rings is 1. The number of benzene rings is 1. The Morgan fingerprint density at radius 1 is 1.21 bits per heavy atom. The van der Waals surface area contributed by atoms with Crippen LogP contribution in [0.2, 0.25) is 0 Å². The van der Waals surface area contributed by atoms with Gasteiger partial charge < -0.3 is 0 Å². The van der Waals surface area contributed by atoms with Gasteiger partial charge in [-0.25, -0.2) is 18.4 Å². The van der Waals surface area contributed by atoms with Crippen LogP contribution in [0.1, 0.15) is 18.7 Å². The molecule has 124 valence electrons. The van der Waals surface area contributed by atoms with Crippen molar-refractivity contribution < 1.29 is 8.78 Å². The minimum atomic E-state index is -2.51. The van der Waals surface area contributed by atoms with Crippen LogP contribution in [-0.4, -0.2) is 20.7 Å². The molecule has 3 nitrogen and oxygen atoms in total. The van der Waals surface area contributed by atoms with E-state index in [4.69, 9.17) is 0 Å². The molecule has 1 aromatic carbocycles. The van der Waals surface area contributed by atoms with Crippen molar-refractivity contribution in [2.24, 2.45) is 5.92 Å². The van der Waals surface area contributed by atoms with Crippen molar-refractivity contribution >= 4 is 27.3 Å². The van der Waals surface area contributed by atoms with Crippen LogP contribution >= 0.6 is 27.3 Å². The first-order valence-corrected chi connectivity index (χ1v) is 9.31. The van der Waals surface area contributed by atoms with Crippen molar-refractivity contribution in [3.8, 4) is 16.4 Å². The fraction of sp³-hybridized carbons (Fsp3) is 0.294. The zero-order valence-electron chi connectivity index (χ0n) is 12.6. The maximum absolute atomic E-state index is 13.1. The van der Waals surface area contributed by atoms with E-state index < -0.39 is 5.92 Å². The molecule has 0 N–H and O–H groups in total. The Bertz CT molecular complexity index is 835. The Kier molecular flexibility index (Phi) is 4.00. The molecule has 0 bridgehead atoms. The van der Waals surface area contributed by atoms with Crippen molar-refractivity contribution in [2.45, 2.75) is 25.2 Å². The second kappa shape index (κ2) is 6.04. The molecule has 0 spiro atoms. The smallest absolute Gasteiger partial charge is 0.217 e. The highest BCUT2D eigenvalue weighted by atomic mass is 79.9. The molecule has 0 amide bonds. The summed E-state index contributed by atoms with van der Waals surface area (Å²) in [4.78, 5) is 5.60. The van der Waals surface area contributed by atoms with Gasteiger partial charge in [0.2, 0.25) is 5.92 Å². The van der Waals surface area contributed by atoms with Crippen LogP contribution in [0.25, 0.3) is 16.4 Å². The molecule has 4 rings (SSSR count). The summed E-state index contributed by atoms with van der Waals surface area (Å²) >= 11 is 4.99. The highest BCUT2D eigenvalue weighted by Crippen LogP contribution is 2.44. The summed E-state index contributed by atoms with van der Waals surface area (Å²) in [5.41, 5.74) is 0.884. The van der Waals surface area contributed by atoms with E-state index in [9.17, 15) is 8.78 Å². The van der Waals surface area contributed by atoms with Gasteiger partial charge in [0, 0.05) is 23.7 Å². The van der Waals surface area contributed by atoms with Crippen LogP contribution in [0.4, 0.5) is 8.78 Å². The van der Waals surface area contributed by atoms with Gasteiger partial charge in [0.05, 0.1) is 10.6 Å². The molecule has 2 aromatic heterocycles. The van der Waals surface area contributed by atoms with Crippen LogP contribution in [0.5, 0.6) is 0 Å². The standard InChI is InChI=1S/C17H14BrF2N3S/c18-12-3-5-13(6-4-12)23-15(8-11-9-17(19,20)10-11)21-16(22-23)14-2-1-7-24-14/h1-7,11H,8-10H2. The molecule has 0 radical (unpaired) electrons. The van der Waals surface area contributed by atoms with Gasteiger partial charge in [-0.1, -0.05) is 22.0 Å². The third-order valence-corrected chi connectivity index (χ3v) is 5.53. The number of nitrogens with zero attached hydrogens (tertiary/aromatic N) is 3. The van der Waals surface area contributed by atoms with Crippen molar-refractivity contribution in [3.63, 3.8) is 0 Å². The van der Waals surface area contributed by atoms with E-state index in [-0.39, 0.29) is 18.8 Å². The predicted octanol–water partition coefficient (Wildman–Crippen LogP) is 5.35. The number of aromatic nitrogens is 3. The van der Waals surface area contributed by atoms with Crippen molar-refractivity contribution in [1.82, 2.24) is 14.8 Å². The monoisotopic (exact) mass is 409 g/mol. The first-order valence-electron chi connectivity index (χ1n) is 7.64. The summed E-state index contributed by atoms with van der Waals surface area (Å²) < 4.78 is 29.0. The van der Waals surface area contributed by atoms with Crippen LogP contribution in [0.3, 0.4) is 0 Å². The van der Waals surface area contributed by atoms with Gasteiger partial charge in [-0.15, -0.1) is 16.4 Å². The Hall–Kier alpha value is -1.60. The maximum Gasteiger partial charge on any atom is 0.248 e. The van der Waals surface area contributed by atoms with Crippen molar-refractivity contribution in [3.05, 3.63) is 52.1 Å². The van der Waals surface area contributed by atoms with Crippen LogP contribution in [0.15, 0.2) is 46.3 Å². The second-order valence-electron chi connectivity index (χ2n) is 6.05. The normalized spacial score (nSPS) is 17.0. The molecule has 24 heavy (non-hydrogen) atoms. The van der Waals surface area contributed by atoms with E-state index in [1.807, 2.05) is 41.8 Å². The molecular weight excluding hydrogens is 396 g/mol. The van der Waals surface area contributed by atoms with Crippen LogP contribution in [-0.2, 0) is 6.42 Å². The zero-order valence-corrected chi connectivity index (χ0v) is 15.0. The fourth-order valence-corrected chi connectivity index (χ4v) is 3.88. The molecule has 2 heterocycles. The maximum atomic E-state index is 13.1. The van der Waals surface area contributed by atoms with Crippen molar-refractivity contribution in [2.75, 3.05) is 0 Å². The van der Waals surface area contributed by atoms with E-state index in [1.165, 1.54) is 0 Å². The SMILES string of the molecule is FC1(F)CC(Cc2nc(-c3cccs3)nn2-c2ccc(Br)cc2)C1. The zero-order chi connectivity index (χ0) is 16.7. The number of hydrogen-bond donors (Lipinski definition) is 0. The van der Waals surface area contributed by atoms with Gasteiger partial charge >= 0.3 is 0 Å². The average Bonchev–Trinajstić information content (AvgIpc) is 3.15. The topological polar surface area (TPSA) is 30.7 Å². The van der Waals surface area contributed by atoms with Crippen LogP contribution in [0, 0.1) is 5.92 Å². The largest absolute Gasteiger partial charge is 0.248 e. The van der Waals surface area contributed by atoms with E-state index >= 15 is 0 Å². The molecule has 0 atom stereocenters. The fourth-order valence-electron chi connectivity index (χ4n) is 2.96. The van der Waals surface area contributed by atoms with Gasteiger partial charge in [-0.2, -0.15) is 0 Å². The van der Waals surface area contributed by atoms with E-state index in [1.54, 1.807) is 16.0 Å². The lowest BCUT2D eigenvalue weighted by molar-refractivity contribution is -0.110. The number of rotatable bonds is 4. The summed E-state index contributed by atoms with van der Waals surface area (Å²) in [6.07, 6.45) is 0.396. The summed E-state index contributed by atoms with van der Waals surface area (Å²) in [6, 6.07) is 11.7. The van der Waals surface area contributed by atoms with Crippen molar-refractivity contribution in [1.29, 1.82) is 0 Å². The minimum absolute atomic E-state index is 0.0328. The van der Waals surface area contributed by atoms with E-state index in [0.717, 1.165) is 20.9 Å². The first-order chi connectivity index (χ1) is 11.5. The van der Waals surface area contributed by atoms with Gasteiger partial charge in [0.15, 0.2) is 5.82 Å². The lowest BCUT2D eigenvalue weighted by atomic mass is 9.79. The highest BCUT2D eigenvalue weighted by molar-refractivity contribution is 9.10. The Morgan fingerprint density at radius 3 is 2.58 bits per heavy atom. The summed E-state index contributed by atoms with van der Waals surface area (Å²) in [6.45, 7) is 0. The minimum Gasteiger partial charge on any atom is -0.217 e. The summed E-state index contributed by atoms with van der Waals surface area (Å²) in [5, 5.41) is 6.59. The molecule has 1 fully saturated rings. The quantitative estimate of drug-likeness (QED) is 0.581.